The summed E-state index contributed by atoms with van der Waals surface area (Å²) in [5.74, 6) is 0.0810. The summed E-state index contributed by atoms with van der Waals surface area (Å²) < 4.78 is 6.19. The quantitative estimate of drug-likeness (QED) is 0.840. The van der Waals surface area contributed by atoms with E-state index in [-0.39, 0.29) is 5.91 Å². The first kappa shape index (κ1) is 13.6. The van der Waals surface area contributed by atoms with Crippen molar-refractivity contribution in [1.29, 1.82) is 0 Å². The predicted molar refractivity (Wildman–Crippen MR) is 74.8 cm³/mol. The van der Waals surface area contributed by atoms with Crippen molar-refractivity contribution in [3.05, 3.63) is 33.8 Å². The molecule has 0 bridgehead atoms. The molecule has 4 heteroatoms. The van der Waals surface area contributed by atoms with Gasteiger partial charge in [0.2, 0.25) is 0 Å². The Labute approximate surface area is 116 Å². The number of amides is 1. The van der Waals surface area contributed by atoms with Crippen LogP contribution in [0.15, 0.2) is 22.7 Å². The molecule has 3 nitrogen and oxygen atoms in total. The molecule has 1 amide bonds. The van der Waals surface area contributed by atoms with Crippen LogP contribution in [0.2, 0.25) is 0 Å². The summed E-state index contributed by atoms with van der Waals surface area (Å²) in [5.41, 5.74) is 1.84. The van der Waals surface area contributed by atoms with Crippen LogP contribution in [0.3, 0.4) is 0 Å². The van der Waals surface area contributed by atoms with Gasteiger partial charge in [0.25, 0.3) is 5.91 Å². The van der Waals surface area contributed by atoms with Gasteiger partial charge in [-0.1, -0.05) is 11.6 Å². The van der Waals surface area contributed by atoms with Crippen molar-refractivity contribution in [1.82, 2.24) is 4.90 Å². The summed E-state index contributed by atoms with van der Waals surface area (Å²) in [4.78, 5) is 14.3. The molecule has 0 unspecified atom stereocenters. The second-order valence-electron chi connectivity index (χ2n) is 4.74. The molecule has 1 aliphatic heterocycles. The highest BCUT2D eigenvalue weighted by molar-refractivity contribution is 9.10. The lowest BCUT2D eigenvalue weighted by atomic mass is 10.1. The summed E-state index contributed by atoms with van der Waals surface area (Å²) in [6, 6.07) is 6.15. The third-order valence-electron chi connectivity index (χ3n) is 3.41. The Balaban J connectivity index is 2.16. The van der Waals surface area contributed by atoms with E-state index in [9.17, 15) is 4.79 Å². The van der Waals surface area contributed by atoms with E-state index in [2.05, 4.69) is 15.9 Å². The third-order valence-corrected chi connectivity index (χ3v) is 4.10. The summed E-state index contributed by atoms with van der Waals surface area (Å²) in [5, 5.41) is 0. The van der Waals surface area contributed by atoms with E-state index in [0.717, 1.165) is 41.7 Å². The second-order valence-corrected chi connectivity index (χ2v) is 5.60. The van der Waals surface area contributed by atoms with E-state index >= 15 is 0 Å². The molecule has 1 aliphatic rings. The molecule has 0 spiro atoms. The Morgan fingerprint density at radius 3 is 2.72 bits per heavy atom. The van der Waals surface area contributed by atoms with E-state index in [1.165, 1.54) is 0 Å². The van der Waals surface area contributed by atoms with Gasteiger partial charge in [0, 0.05) is 30.8 Å². The lowest BCUT2D eigenvalue weighted by Crippen LogP contribution is -2.40. The van der Waals surface area contributed by atoms with Crippen LogP contribution in [0, 0.1) is 6.92 Å². The number of hydrogen-bond donors (Lipinski definition) is 0. The summed E-state index contributed by atoms with van der Waals surface area (Å²) in [6.45, 7) is 3.49. The lowest BCUT2D eigenvalue weighted by Gasteiger charge is -2.31. The van der Waals surface area contributed by atoms with Crippen LogP contribution in [0.5, 0.6) is 0 Å². The van der Waals surface area contributed by atoms with Crippen LogP contribution in [-0.4, -0.2) is 37.1 Å². The molecule has 0 saturated carbocycles. The van der Waals surface area contributed by atoms with Crippen LogP contribution in [0.1, 0.15) is 28.8 Å². The van der Waals surface area contributed by atoms with Crippen LogP contribution in [0.4, 0.5) is 0 Å². The lowest BCUT2D eigenvalue weighted by molar-refractivity contribution is 0.0361. The number of carbonyl (C=O) groups is 1. The molecule has 1 fully saturated rings. The number of ether oxygens (including phenoxy) is 1. The van der Waals surface area contributed by atoms with E-state index in [0.29, 0.717) is 6.04 Å². The maximum absolute atomic E-state index is 12.5. The van der Waals surface area contributed by atoms with E-state index in [4.69, 9.17) is 4.74 Å². The standard InChI is InChI=1S/C14H18BrNO2/c1-10-3-4-13(15)12(9-10)14(17)16(2)11-5-7-18-8-6-11/h3-4,9,11H,5-8H2,1-2H3. The molecule has 2 rings (SSSR count). The molecule has 98 valence electrons. The maximum Gasteiger partial charge on any atom is 0.255 e. The highest BCUT2D eigenvalue weighted by Gasteiger charge is 2.24. The normalized spacial score (nSPS) is 16.6. The van der Waals surface area contributed by atoms with E-state index in [1.54, 1.807) is 0 Å². The molecular weight excluding hydrogens is 294 g/mol. The van der Waals surface area contributed by atoms with Gasteiger partial charge in [-0.05, 0) is 47.8 Å². The minimum Gasteiger partial charge on any atom is -0.381 e. The van der Waals surface area contributed by atoms with Gasteiger partial charge < -0.3 is 9.64 Å². The number of rotatable bonds is 2. The first-order chi connectivity index (χ1) is 8.59. The topological polar surface area (TPSA) is 29.5 Å². The Morgan fingerprint density at radius 1 is 1.39 bits per heavy atom. The van der Waals surface area contributed by atoms with Crippen LogP contribution < -0.4 is 0 Å². The largest absolute Gasteiger partial charge is 0.381 e. The Morgan fingerprint density at radius 2 is 2.06 bits per heavy atom. The van der Waals surface area contributed by atoms with Crippen molar-refractivity contribution in [3.8, 4) is 0 Å². The number of carbonyl (C=O) groups excluding carboxylic acids is 1. The van der Waals surface area contributed by atoms with Crippen molar-refractivity contribution in [3.63, 3.8) is 0 Å². The number of aryl methyl sites for hydroxylation is 1. The fourth-order valence-electron chi connectivity index (χ4n) is 2.23. The van der Waals surface area contributed by atoms with Crippen molar-refractivity contribution < 1.29 is 9.53 Å². The maximum atomic E-state index is 12.5. The number of halogens is 1. The van der Waals surface area contributed by atoms with Gasteiger partial charge in [-0.25, -0.2) is 0 Å². The van der Waals surface area contributed by atoms with E-state index < -0.39 is 0 Å². The SMILES string of the molecule is Cc1ccc(Br)c(C(=O)N(C)C2CCOCC2)c1. The fourth-order valence-corrected chi connectivity index (χ4v) is 2.65. The van der Waals surface area contributed by atoms with Crippen molar-refractivity contribution in [2.45, 2.75) is 25.8 Å². The molecule has 1 aromatic carbocycles. The molecule has 1 saturated heterocycles. The van der Waals surface area contributed by atoms with Gasteiger partial charge in [0.05, 0.1) is 5.56 Å². The van der Waals surface area contributed by atoms with Crippen LogP contribution in [0.25, 0.3) is 0 Å². The second kappa shape index (κ2) is 5.85. The number of benzene rings is 1. The minimum absolute atomic E-state index is 0.0810. The van der Waals surface area contributed by atoms with Crippen molar-refractivity contribution in [2.24, 2.45) is 0 Å². The molecule has 0 N–H and O–H groups in total. The van der Waals surface area contributed by atoms with Gasteiger partial charge in [0.15, 0.2) is 0 Å². The van der Waals surface area contributed by atoms with Crippen molar-refractivity contribution in [2.75, 3.05) is 20.3 Å². The van der Waals surface area contributed by atoms with E-state index in [1.807, 2.05) is 37.1 Å². The highest BCUT2D eigenvalue weighted by Crippen LogP contribution is 2.22. The zero-order valence-corrected chi connectivity index (χ0v) is 12.4. The summed E-state index contributed by atoms with van der Waals surface area (Å²) in [6.07, 6.45) is 1.84. The van der Waals surface area contributed by atoms with Gasteiger partial charge in [-0.2, -0.15) is 0 Å². The minimum atomic E-state index is 0.0810. The Bertz CT molecular complexity index is 441. The Kier molecular flexibility index (Phi) is 4.40. The molecule has 1 aromatic rings. The van der Waals surface area contributed by atoms with Gasteiger partial charge in [-0.3, -0.25) is 4.79 Å². The summed E-state index contributed by atoms with van der Waals surface area (Å²) >= 11 is 3.45. The fraction of sp³-hybridized carbons (Fsp3) is 0.500. The molecule has 1 heterocycles. The van der Waals surface area contributed by atoms with Gasteiger partial charge in [-0.15, -0.1) is 0 Å². The Hall–Kier alpha value is -0.870. The first-order valence-electron chi connectivity index (χ1n) is 6.20. The van der Waals surface area contributed by atoms with Crippen LogP contribution in [-0.2, 0) is 4.74 Å². The third kappa shape index (κ3) is 2.93. The molecule has 18 heavy (non-hydrogen) atoms. The average Bonchev–Trinajstić information content (AvgIpc) is 2.41. The highest BCUT2D eigenvalue weighted by atomic mass is 79.9. The molecule has 0 radical (unpaired) electrons. The average molecular weight is 312 g/mol. The van der Waals surface area contributed by atoms with Gasteiger partial charge in [0.1, 0.15) is 0 Å². The van der Waals surface area contributed by atoms with Crippen molar-refractivity contribution >= 4 is 21.8 Å². The zero-order valence-electron chi connectivity index (χ0n) is 10.8. The smallest absolute Gasteiger partial charge is 0.255 e. The zero-order chi connectivity index (χ0) is 13.1. The molecule has 0 aromatic heterocycles. The molecular formula is C14H18BrNO2. The van der Waals surface area contributed by atoms with Crippen LogP contribution >= 0.6 is 15.9 Å². The monoisotopic (exact) mass is 311 g/mol. The number of hydrogen-bond acceptors (Lipinski definition) is 2. The predicted octanol–water partition coefficient (Wildman–Crippen LogP) is 3.01. The molecule has 0 atom stereocenters. The van der Waals surface area contributed by atoms with Gasteiger partial charge >= 0.3 is 0 Å². The summed E-state index contributed by atoms with van der Waals surface area (Å²) in [7, 11) is 1.88. The first-order valence-corrected chi connectivity index (χ1v) is 7.00. The number of nitrogens with zero attached hydrogens (tertiary/aromatic N) is 1. The molecule has 0 aliphatic carbocycles.